The van der Waals surface area contributed by atoms with Gasteiger partial charge in [0.15, 0.2) is 0 Å². The van der Waals surface area contributed by atoms with Gasteiger partial charge >= 0.3 is 0 Å². The molecule has 3 nitrogen and oxygen atoms in total. The van der Waals surface area contributed by atoms with Crippen molar-refractivity contribution in [2.24, 2.45) is 11.7 Å². The molecule has 0 aliphatic heterocycles. The summed E-state index contributed by atoms with van der Waals surface area (Å²) in [4.78, 5) is 12.6. The zero-order valence-electron chi connectivity index (χ0n) is 12.3. The van der Waals surface area contributed by atoms with Crippen LogP contribution in [0.5, 0.6) is 0 Å². The predicted molar refractivity (Wildman–Crippen MR) is 83.6 cm³/mol. The third-order valence-electron chi connectivity index (χ3n) is 3.31. The molecule has 1 atom stereocenters. The molecule has 0 saturated heterocycles. The molecule has 2 rings (SSSR count). The lowest BCUT2D eigenvalue weighted by atomic mass is 10.1. The number of hydrogen-bond acceptors (Lipinski definition) is 2. The molecule has 0 bridgehead atoms. The number of pyridine rings is 1. The van der Waals surface area contributed by atoms with Gasteiger partial charge in [-0.2, -0.15) is 0 Å². The number of nitrogens with zero attached hydrogens (tertiary/aromatic N) is 1. The highest BCUT2D eigenvalue weighted by Crippen LogP contribution is 2.20. The van der Waals surface area contributed by atoms with Gasteiger partial charge in [-0.25, -0.2) is 0 Å². The summed E-state index contributed by atoms with van der Waals surface area (Å²) in [5, 5.41) is 0. The maximum absolute atomic E-state index is 12.6. The molecule has 2 N–H and O–H groups in total. The van der Waals surface area contributed by atoms with Crippen LogP contribution in [-0.4, -0.2) is 4.57 Å². The molecule has 0 spiro atoms. The first-order valence-corrected chi connectivity index (χ1v) is 7.05. The number of rotatable bonds is 4. The Labute approximate surface area is 120 Å². The van der Waals surface area contributed by atoms with Crippen molar-refractivity contribution in [3.05, 3.63) is 58.4 Å². The van der Waals surface area contributed by atoms with Gasteiger partial charge in [-0.3, -0.25) is 4.79 Å². The fourth-order valence-corrected chi connectivity index (χ4v) is 2.35. The second kappa shape index (κ2) is 6.06. The van der Waals surface area contributed by atoms with E-state index in [2.05, 4.69) is 13.8 Å². The van der Waals surface area contributed by atoms with Gasteiger partial charge < -0.3 is 10.3 Å². The molecule has 0 radical (unpaired) electrons. The molecule has 1 heterocycles. The van der Waals surface area contributed by atoms with Crippen molar-refractivity contribution in [2.75, 3.05) is 0 Å². The summed E-state index contributed by atoms with van der Waals surface area (Å²) in [6.07, 6.45) is 0. The van der Waals surface area contributed by atoms with E-state index in [4.69, 9.17) is 5.73 Å². The van der Waals surface area contributed by atoms with E-state index < -0.39 is 0 Å². The molecule has 0 aliphatic rings. The average molecular weight is 270 g/mol. The van der Waals surface area contributed by atoms with E-state index in [1.54, 1.807) is 0 Å². The number of benzene rings is 1. The molecular weight excluding hydrogens is 248 g/mol. The molecule has 106 valence electrons. The Hall–Kier alpha value is -1.87. The summed E-state index contributed by atoms with van der Waals surface area (Å²) in [5.74, 6) is 0.401. The predicted octanol–water partition coefficient (Wildman–Crippen LogP) is 3.19. The second-order valence-electron chi connectivity index (χ2n) is 5.64. The lowest BCUT2D eigenvalue weighted by molar-refractivity contribution is 0.510. The summed E-state index contributed by atoms with van der Waals surface area (Å²) in [7, 11) is 0. The van der Waals surface area contributed by atoms with E-state index in [-0.39, 0.29) is 11.6 Å². The molecule has 0 fully saturated rings. The van der Waals surface area contributed by atoms with Crippen LogP contribution in [0.3, 0.4) is 0 Å². The molecule has 0 amide bonds. The smallest absolute Gasteiger partial charge is 0.255 e. The van der Waals surface area contributed by atoms with Gasteiger partial charge in [0.25, 0.3) is 5.56 Å². The van der Waals surface area contributed by atoms with Crippen molar-refractivity contribution in [1.82, 2.24) is 4.57 Å². The molecule has 3 heteroatoms. The summed E-state index contributed by atoms with van der Waals surface area (Å²) in [6.45, 7) is 6.77. The Bertz CT molecular complexity index is 627. The quantitative estimate of drug-likeness (QED) is 0.927. The Morgan fingerprint density at radius 1 is 1.05 bits per heavy atom. The van der Waals surface area contributed by atoms with Gasteiger partial charge in [-0.05, 0) is 30.5 Å². The van der Waals surface area contributed by atoms with Crippen LogP contribution in [-0.2, 0) is 6.54 Å². The Balaban J connectivity index is 2.63. The van der Waals surface area contributed by atoms with E-state index >= 15 is 0 Å². The highest BCUT2D eigenvalue weighted by molar-refractivity contribution is 5.59. The fourth-order valence-electron chi connectivity index (χ4n) is 2.35. The molecule has 2 aromatic rings. The molecule has 1 unspecified atom stereocenters. The lowest BCUT2D eigenvalue weighted by Gasteiger charge is -2.17. The largest absolute Gasteiger partial charge is 0.324 e. The highest BCUT2D eigenvalue weighted by Gasteiger charge is 2.13. The van der Waals surface area contributed by atoms with Crippen molar-refractivity contribution in [2.45, 2.75) is 33.4 Å². The minimum Gasteiger partial charge on any atom is -0.324 e. The van der Waals surface area contributed by atoms with Crippen LogP contribution in [0.25, 0.3) is 11.3 Å². The maximum Gasteiger partial charge on any atom is 0.255 e. The van der Waals surface area contributed by atoms with Gasteiger partial charge in [-0.15, -0.1) is 0 Å². The second-order valence-corrected chi connectivity index (χ2v) is 5.64. The van der Waals surface area contributed by atoms with Gasteiger partial charge in [0.1, 0.15) is 0 Å². The summed E-state index contributed by atoms with van der Waals surface area (Å²) < 4.78 is 1.85. The van der Waals surface area contributed by atoms with E-state index in [9.17, 15) is 4.79 Å². The Morgan fingerprint density at radius 2 is 1.70 bits per heavy atom. The van der Waals surface area contributed by atoms with Crippen LogP contribution in [0.4, 0.5) is 0 Å². The maximum atomic E-state index is 12.6. The third-order valence-corrected chi connectivity index (χ3v) is 3.31. The Morgan fingerprint density at radius 3 is 2.25 bits per heavy atom. The van der Waals surface area contributed by atoms with Gasteiger partial charge in [0, 0.05) is 18.2 Å². The van der Waals surface area contributed by atoms with Crippen molar-refractivity contribution in [1.29, 1.82) is 0 Å². The van der Waals surface area contributed by atoms with Gasteiger partial charge in [-0.1, -0.05) is 44.2 Å². The van der Waals surface area contributed by atoms with Crippen LogP contribution in [0.15, 0.2) is 47.3 Å². The summed E-state index contributed by atoms with van der Waals surface area (Å²) in [5.41, 5.74) is 8.59. The Kier molecular flexibility index (Phi) is 4.40. The molecule has 1 aromatic carbocycles. The minimum atomic E-state index is -0.245. The molecule has 20 heavy (non-hydrogen) atoms. The monoisotopic (exact) mass is 270 g/mol. The molecule has 1 aromatic heterocycles. The van der Waals surface area contributed by atoms with E-state index in [0.29, 0.717) is 18.0 Å². The zero-order valence-corrected chi connectivity index (χ0v) is 12.3. The van der Waals surface area contributed by atoms with Gasteiger partial charge in [0.05, 0.1) is 5.69 Å². The fraction of sp³-hybridized carbons (Fsp3) is 0.353. The number of hydrogen-bond donors (Lipinski definition) is 1. The first kappa shape index (κ1) is 14.5. The van der Waals surface area contributed by atoms with E-state index in [1.807, 2.05) is 54.0 Å². The van der Waals surface area contributed by atoms with Crippen LogP contribution >= 0.6 is 0 Å². The van der Waals surface area contributed by atoms with E-state index in [0.717, 1.165) is 11.3 Å². The van der Waals surface area contributed by atoms with Crippen LogP contribution in [0.1, 0.15) is 32.4 Å². The van der Waals surface area contributed by atoms with Crippen molar-refractivity contribution < 1.29 is 0 Å². The SMILES string of the molecule is CC(C)Cn1c(-c2ccccc2)ccc(C(C)N)c1=O. The van der Waals surface area contributed by atoms with Crippen molar-refractivity contribution in [3.63, 3.8) is 0 Å². The normalized spacial score (nSPS) is 12.7. The topological polar surface area (TPSA) is 48.0 Å². The minimum absolute atomic E-state index is 0.0232. The first-order chi connectivity index (χ1) is 9.50. The average Bonchev–Trinajstić information content (AvgIpc) is 2.41. The van der Waals surface area contributed by atoms with Crippen molar-refractivity contribution in [3.8, 4) is 11.3 Å². The van der Waals surface area contributed by atoms with Gasteiger partial charge in [0.2, 0.25) is 0 Å². The lowest BCUT2D eigenvalue weighted by Crippen LogP contribution is -2.29. The molecular formula is C17H22N2O. The number of nitrogens with two attached hydrogens (primary N) is 1. The number of aromatic nitrogens is 1. The zero-order chi connectivity index (χ0) is 14.7. The molecule has 0 saturated carbocycles. The standard InChI is InChI=1S/C17H22N2O/c1-12(2)11-19-16(14-7-5-4-6-8-14)10-9-15(13(3)18)17(19)20/h4-10,12-13H,11,18H2,1-3H3. The van der Waals surface area contributed by atoms with E-state index in [1.165, 1.54) is 0 Å². The van der Waals surface area contributed by atoms with Crippen LogP contribution < -0.4 is 11.3 Å². The third kappa shape index (κ3) is 2.99. The van der Waals surface area contributed by atoms with Crippen molar-refractivity contribution >= 4 is 0 Å². The summed E-state index contributed by atoms with van der Waals surface area (Å²) in [6, 6.07) is 13.6. The highest BCUT2D eigenvalue weighted by atomic mass is 16.1. The first-order valence-electron chi connectivity index (χ1n) is 7.05. The van der Waals surface area contributed by atoms with Crippen LogP contribution in [0.2, 0.25) is 0 Å². The molecule has 0 aliphatic carbocycles. The van der Waals surface area contributed by atoms with Crippen LogP contribution in [0, 0.1) is 5.92 Å². The summed E-state index contributed by atoms with van der Waals surface area (Å²) >= 11 is 0.